The first-order valence-electron chi connectivity index (χ1n) is 8.50. The molecule has 0 spiro atoms. The number of hydrazine groups is 1. The van der Waals surface area contributed by atoms with Gasteiger partial charge in [-0.05, 0) is 36.8 Å². The molecule has 0 unspecified atom stereocenters. The van der Waals surface area contributed by atoms with Crippen molar-refractivity contribution in [3.05, 3.63) is 70.0 Å². The van der Waals surface area contributed by atoms with Crippen molar-refractivity contribution >= 4 is 22.8 Å². The number of carbonyl (C=O) groups excluding carboxylic acids is 1. The molecule has 0 aliphatic carbocycles. The number of fused-ring (bicyclic) bond motifs is 1. The van der Waals surface area contributed by atoms with Gasteiger partial charge in [0.2, 0.25) is 11.9 Å². The summed E-state index contributed by atoms with van der Waals surface area (Å²) in [5.41, 5.74) is 4.94. The normalized spacial score (nSPS) is 11.4. The van der Waals surface area contributed by atoms with Crippen molar-refractivity contribution in [3.8, 4) is 0 Å². The minimum absolute atomic E-state index is 0.130. The molecule has 0 radical (unpaired) electrons. The lowest BCUT2D eigenvalue weighted by atomic mass is 10.1. The molecule has 0 atom stereocenters. The zero-order valence-corrected chi connectivity index (χ0v) is 14.9. The van der Waals surface area contributed by atoms with E-state index in [2.05, 4.69) is 15.8 Å². The van der Waals surface area contributed by atoms with Crippen LogP contribution < -0.4 is 16.4 Å². The molecule has 9 heteroatoms. The van der Waals surface area contributed by atoms with Gasteiger partial charge in [-0.2, -0.15) is 13.2 Å². The molecule has 0 fully saturated rings. The molecule has 6 nitrogen and oxygen atoms in total. The Kier molecular flexibility index (Phi) is 5.34. The van der Waals surface area contributed by atoms with Crippen LogP contribution in [0.3, 0.4) is 0 Å². The fraction of sp³-hybridized carbons (Fsp3) is 0.211. The van der Waals surface area contributed by atoms with Crippen LogP contribution in [0.1, 0.15) is 18.1 Å². The van der Waals surface area contributed by atoms with E-state index in [0.29, 0.717) is 23.0 Å². The van der Waals surface area contributed by atoms with E-state index in [-0.39, 0.29) is 17.9 Å². The topological polar surface area (TPSA) is 76.0 Å². The minimum atomic E-state index is -4.42. The summed E-state index contributed by atoms with van der Waals surface area (Å²) in [6, 6.07) is 11.2. The lowest BCUT2D eigenvalue weighted by Gasteiger charge is -2.14. The molecule has 0 bridgehead atoms. The Morgan fingerprint density at radius 1 is 1.11 bits per heavy atom. The van der Waals surface area contributed by atoms with Gasteiger partial charge in [-0.15, -0.1) is 0 Å². The van der Waals surface area contributed by atoms with Crippen LogP contribution in [0.25, 0.3) is 10.9 Å². The first kappa shape index (κ1) is 19.4. The molecule has 3 rings (SSSR count). The zero-order chi connectivity index (χ0) is 20.3. The second kappa shape index (κ2) is 7.71. The highest BCUT2D eigenvalue weighted by Gasteiger charge is 2.29. The van der Waals surface area contributed by atoms with Gasteiger partial charge in [0.15, 0.2) is 0 Å². The van der Waals surface area contributed by atoms with Gasteiger partial charge in [0, 0.05) is 6.54 Å². The van der Waals surface area contributed by atoms with E-state index in [4.69, 9.17) is 0 Å². The van der Waals surface area contributed by atoms with E-state index in [0.717, 1.165) is 12.1 Å². The molecule has 0 saturated heterocycles. The SMILES string of the molecule is CCn1c(NNC(=O)Cc2ccc(C(F)(F)F)cc2)nc2ccccc2c1=O. The average Bonchev–Trinajstić information content (AvgIpc) is 2.66. The van der Waals surface area contributed by atoms with Gasteiger partial charge in [-0.3, -0.25) is 25.0 Å². The first-order chi connectivity index (χ1) is 13.3. The number of carbonyl (C=O) groups is 1. The molecule has 3 aromatic rings. The Morgan fingerprint density at radius 2 is 1.79 bits per heavy atom. The van der Waals surface area contributed by atoms with Crippen LogP contribution in [0.5, 0.6) is 0 Å². The standard InChI is InChI=1S/C19H17F3N4O2/c1-2-26-17(28)14-5-3-4-6-15(14)23-18(26)25-24-16(27)11-12-7-9-13(10-8-12)19(20,21)22/h3-10H,2,11H2,1H3,(H,23,25)(H,24,27). The Hall–Kier alpha value is -3.36. The molecule has 2 aromatic carbocycles. The third-order valence-electron chi connectivity index (χ3n) is 4.14. The predicted octanol–water partition coefficient (Wildman–Crippen LogP) is 3.12. The molecule has 0 aliphatic rings. The largest absolute Gasteiger partial charge is 0.416 e. The average molecular weight is 390 g/mol. The van der Waals surface area contributed by atoms with Crippen LogP contribution in [-0.4, -0.2) is 15.5 Å². The second-order valence-corrected chi connectivity index (χ2v) is 6.05. The monoisotopic (exact) mass is 390 g/mol. The molecule has 0 saturated carbocycles. The van der Waals surface area contributed by atoms with Gasteiger partial charge in [0.25, 0.3) is 5.56 Å². The Labute approximate surface area is 158 Å². The molecule has 1 heterocycles. The summed E-state index contributed by atoms with van der Waals surface area (Å²) >= 11 is 0. The third kappa shape index (κ3) is 4.13. The molecule has 146 valence electrons. The second-order valence-electron chi connectivity index (χ2n) is 6.05. The number of nitrogens with zero attached hydrogens (tertiary/aromatic N) is 2. The molecule has 1 aromatic heterocycles. The smallest absolute Gasteiger partial charge is 0.277 e. The van der Waals surface area contributed by atoms with Gasteiger partial charge in [-0.25, -0.2) is 4.98 Å². The van der Waals surface area contributed by atoms with Crippen molar-refractivity contribution < 1.29 is 18.0 Å². The maximum absolute atomic E-state index is 12.6. The van der Waals surface area contributed by atoms with Crippen LogP contribution in [0.2, 0.25) is 0 Å². The Balaban J connectivity index is 1.72. The number of rotatable bonds is 5. The number of halogens is 3. The summed E-state index contributed by atoms with van der Waals surface area (Å²) in [5.74, 6) is -0.309. The van der Waals surface area contributed by atoms with Crippen molar-refractivity contribution in [1.29, 1.82) is 0 Å². The number of amides is 1. The predicted molar refractivity (Wildman–Crippen MR) is 98.6 cm³/mol. The summed E-state index contributed by atoms with van der Waals surface area (Å²) in [5, 5.41) is 0.464. The van der Waals surface area contributed by atoms with Crippen molar-refractivity contribution in [2.45, 2.75) is 26.1 Å². The van der Waals surface area contributed by atoms with E-state index in [1.165, 1.54) is 16.7 Å². The first-order valence-corrected chi connectivity index (χ1v) is 8.50. The van der Waals surface area contributed by atoms with Gasteiger partial charge >= 0.3 is 6.18 Å². The fourth-order valence-corrected chi connectivity index (χ4v) is 2.72. The van der Waals surface area contributed by atoms with E-state index < -0.39 is 17.6 Å². The summed E-state index contributed by atoms with van der Waals surface area (Å²) in [6.07, 6.45) is -4.55. The van der Waals surface area contributed by atoms with Crippen LogP contribution in [0, 0.1) is 0 Å². The third-order valence-corrected chi connectivity index (χ3v) is 4.14. The summed E-state index contributed by atoms with van der Waals surface area (Å²) in [7, 11) is 0. The maximum atomic E-state index is 12.6. The molecular formula is C19H17F3N4O2. The molecule has 28 heavy (non-hydrogen) atoms. The van der Waals surface area contributed by atoms with Crippen LogP contribution >= 0.6 is 0 Å². The maximum Gasteiger partial charge on any atom is 0.416 e. The van der Waals surface area contributed by atoms with E-state index in [9.17, 15) is 22.8 Å². The van der Waals surface area contributed by atoms with Gasteiger partial charge in [-0.1, -0.05) is 24.3 Å². The van der Waals surface area contributed by atoms with Crippen molar-refractivity contribution in [3.63, 3.8) is 0 Å². The van der Waals surface area contributed by atoms with Crippen LogP contribution in [-0.2, 0) is 23.9 Å². The highest BCUT2D eigenvalue weighted by Crippen LogP contribution is 2.29. The molecular weight excluding hydrogens is 373 g/mol. The molecule has 2 N–H and O–H groups in total. The highest BCUT2D eigenvalue weighted by molar-refractivity contribution is 5.81. The number of nitrogens with one attached hydrogen (secondary N) is 2. The van der Waals surface area contributed by atoms with E-state index in [1.807, 2.05) is 0 Å². The van der Waals surface area contributed by atoms with Crippen molar-refractivity contribution in [1.82, 2.24) is 15.0 Å². The van der Waals surface area contributed by atoms with E-state index in [1.54, 1.807) is 31.2 Å². The summed E-state index contributed by atoms with van der Waals surface area (Å²) in [4.78, 5) is 28.9. The lowest BCUT2D eigenvalue weighted by molar-refractivity contribution is -0.137. The van der Waals surface area contributed by atoms with E-state index >= 15 is 0 Å². The summed E-state index contributed by atoms with van der Waals surface area (Å²) < 4.78 is 39.1. The number of aromatic nitrogens is 2. The number of anilines is 1. The minimum Gasteiger partial charge on any atom is -0.277 e. The number of benzene rings is 2. The van der Waals surface area contributed by atoms with Gasteiger partial charge < -0.3 is 0 Å². The van der Waals surface area contributed by atoms with Crippen molar-refractivity contribution in [2.24, 2.45) is 0 Å². The number of alkyl halides is 3. The lowest BCUT2D eigenvalue weighted by Crippen LogP contribution is -2.35. The highest BCUT2D eigenvalue weighted by atomic mass is 19.4. The van der Waals surface area contributed by atoms with Crippen molar-refractivity contribution in [2.75, 3.05) is 5.43 Å². The Morgan fingerprint density at radius 3 is 2.43 bits per heavy atom. The quantitative estimate of drug-likeness (QED) is 0.657. The zero-order valence-electron chi connectivity index (χ0n) is 14.9. The molecule has 1 amide bonds. The number of hydrogen-bond donors (Lipinski definition) is 2. The van der Waals surface area contributed by atoms with Gasteiger partial charge in [0.1, 0.15) is 0 Å². The number of hydrogen-bond acceptors (Lipinski definition) is 4. The van der Waals surface area contributed by atoms with Gasteiger partial charge in [0.05, 0.1) is 22.9 Å². The van der Waals surface area contributed by atoms with Crippen LogP contribution in [0.4, 0.5) is 19.1 Å². The molecule has 0 aliphatic heterocycles. The fourth-order valence-electron chi connectivity index (χ4n) is 2.72. The van der Waals surface area contributed by atoms with Crippen LogP contribution in [0.15, 0.2) is 53.3 Å². The summed E-state index contributed by atoms with van der Waals surface area (Å²) in [6.45, 7) is 2.11. The Bertz CT molecular complexity index is 1060. The number of para-hydroxylation sites is 1.